The van der Waals surface area contributed by atoms with Gasteiger partial charge >= 0.3 is 0 Å². The molecule has 0 spiro atoms. The Morgan fingerprint density at radius 2 is 1.69 bits per heavy atom. The summed E-state index contributed by atoms with van der Waals surface area (Å²) in [4.78, 5) is 16.0. The molecule has 0 aromatic heterocycles. The second kappa shape index (κ2) is 8.32. The summed E-state index contributed by atoms with van der Waals surface area (Å²) in [7, 11) is 0. The van der Waals surface area contributed by atoms with Crippen molar-refractivity contribution in [1.82, 2.24) is 4.90 Å². The van der Waals surface area contributed by atoms with Gasteiger partial charge in [0, 0.05) is 43.1 Å². The molecule has 5 heteroatoms. The SMILES string of the molecule is CCc1ccccc1NC(=S)N1CCN(c2ccc(C(C)=O)cc2)CC1. The highest BCUT2D eigenvalue weighted by Crippen LogP contribution is 2.19. The topological polar surface area (TPSA) is 35.6 Å². The summed E-state index contributed by atoms with van der Waals surface area (Å²) < 4.78 is 0. The second-order valence-corrected chi connectivity index (χ2v) is 6.90. The van der Waals surface area contributed by atoms with Gasteiger partial charge in [-0.05, 0) is 61.5 Å². The molecule has 1 N–H and O–H groups in total. The first kappa shape index (κ1) is 18.4. The van der Waals surface area contributed by atoms with Crippen LogP contribution in [0.1, 0.15) is 29.8 Å². The zero-order valence-corrected chi connectivity index (χ0v) is 16.2. The van der Waals surface area contributed by atoms with Gasteiger partial charge in [-0.15, -0.1) is 0 Å². The number of thiocarbonyl (C=S) groups is 1. The number of aryl methyl sites for hydroxylation is 1. The van der Waals surface area contributed by atoms with Crippen molar-refractivity contribution in [3.05, 3.63) is 59.7 Å². The fraction of sp³-hybridized carbons (Fsp3) is 0.333. The number of nitrogens with one attached hydrogen (secondary N) is 1. The molecule has 26 heavy (non-hydrogen) atoms. The third-order valence-corrected chi connectivity index (χ3v) is 5.21. The van der Waals surface area contributed by atoms with Crippen molar-refractivity contribution in [1.29, 1.82) is 0 Å². The normalized spacial score (nSPS) is 14.2. The van der Waals surface area contributed by atoms with Crippen molar-refractivity contribution in [3.8, 4) is 0 Å². The summed E-state index contributed by atoms with van der Waals surface area (Å²) in [5.41, 5.74) is 4.29. The maximum absolute atomic E-state index is 11.4. The highest BCUT2D eigenvalue weighted by atomic mass is 32.1. The van der Waals surface area contributed by atoms with E-state index >= 15 is 0 Å². The Bertz CT molecular complexity index is 780. The number of rotatable bonds is 4. The largest absolute Gasteiger partial charge is 0.368 e. The molecule has 0 saturated carbocycles. The Morgan fingerprint density at radius 3 is 2.31 bits per heavy atom. The average molecular weight is 368 g/mol. The predicted molar refractivity (Wildman–Crippen MR) is 112 cm³/mol. The number of hydrogen-bond donors (Lipinski definition) is 1. The van der Waals surface area contributed by atoms with E-state index in [-0.39, 0.29) is 5.78 Å². The van der Waals surface area contributed by atoms with Gasteiger partial charge in [0.25, 0.3) is 0 Å². The Kier molecular flexibility index (Phi) is 5.89. The van der Waals surface area contributed by atoms with Crippen LogP contribution in [0.5, 0.6) is 0 Å². The van der Waals surface area contributed by atoms with Crippen LogP contribution in [0, 0.1) is 0 Å². The van der Waals surface area contributed by atoms with E-state index in [1.165, 1.54) is 5.56 Å². The molecule has 0 atom stereocenters. The molecule has 3 rings (SSSR count). The van der Waals surface area contributed by atoms with Crippen molar-refractivity contribution in [2.75, 3.05) is 36.4 Å². The van der Waals surface area contributed by atoms with Crippen LogP contribution in [0.2, 0.25) is 0 Å². The number of anilines is 2. The van der Waals surface area contributed by atoms with Crippen LogP contribution in [0.15, 0.2) is 48.5 Å². The number of carbonyl (C=O) groups is 1. The van der Waals surface area contributed by atoms with E-state index in [1.807, 2.05) is 30.3 Å². The lowest BCUT2D eigenvalue weighted by Gasteiger charge is -2.37. The minimum absolute atomic E-state index is 0.102. The standard InChI is InChI=1S/C21H25N3OS/c1-3-17-6-4-5-7-20(17)22-21(26)24-14-12-23(13-15-24)19-10-8-18(9-11-19)16(2)25/h4-11H,3,12-15H2,1-2H3,(H,22,26). The van der Waals surface area contributed by atoms with Crippen LogP contribution in [0.3, 0.4) is 0 Å². The molecule has 0 bridgehead atoms. The quantitative estimate of drug-likeness (QED) is 0.653. The van der Waals surface area contributed by atoms with Gasteiger partial charge in [-0.1, -0.05) is 25.1 Å². The summed E-state index contributed by atoms with van der Waals surface area (Å²) in [6.07, 6.45) is 0.982. The van der Waals surface area contributed by atoms with Crippen LogP contribution < -0.4 is 10.2 Å². The molecule has 0 radical (unpaired) electrons. The lowest BCUT2D eigenvalue weighted by molar-refractivity contribution is 0.101. The fourth-order valence-electron chi connectivity index (χ4n) is 3.22. The molecule has 1 heterocycles. The Morgan fingerprint density at radius 1 is 1.04 bits per heavy atom. The minimum atomic E-state index is 0.102. The molecule has 136 valence electrons. The van der Waals surface area contributed by atoms with Crippen molar-refractivity contribution < 1.29 is 4.79 Å². The summed E-state index contributed by atoms with van der Waals surface area (Å²) in [5.74, 6) is 0.102. The van der Waals surface area contributed by atoms with Gasteiger partial charge in [-0.2, -0.15) is 0 Å². The molecule has 0 unspecified atom stereocenters. The lowest BCUT2D eigenvalue weighted by Crippen LogP contribution is -2.50. The van der Waals surface area contributed by atoms with Crippen LogP contribution >= 0.6 is 12.2 Å². The van der Waals surface area contributed by atoms with Gasteiger partial charge in [0.05, 0.1) is 0 Å². The van der Waals surface area contributed by atoms with E-state index in [9.17, 15) is 4.79 Å². The number of benzene rings is 2. The number of ketones is 1. The van der Waals surface area contributed by atoms with Crippen molar-refractivity contribution in [3.63, 3.8) is 0 Å². The minimum Gasteiger partial charge on any atom is -0.368 e. The van der Waals surface area contributed by atoms with Gasteiger partial charge in [-0.25, -0.2) is 0 Å². The maximum Gasteiger partial charge on any atom is 0.173 e. The molecule has 2 aromatic carbocycles. The van der Waals surface area contributed by atoms with Crippen LogP contribution in [0.4, 0.5) is 11.4 Å². The number of hydrogen-bond acceptors (Lipinski definition) is 3. The van der Waals surface area contributed by atoms with E-state index in [4.69, 9.17) is 12.2 Å². The van der Waals surface area contributed by atoms with Gasteiger partial charge in [0.1, 0.15) is 0 Å². The molecule has 2 aromatic rings. The van der Waals surface area contributed by atoms with Gasteiger partial charge in [0.15, 0.2) is 10.9 Å². The van der Waals surface area contributed by atoms with Crippen LogP contribution in [-0.4, -0.2) is 42.0 Å². The zero-order valence-electron chi connectivity index (χ0n) is 15.4. The first-order valence-electron chi connectivity index (χ1n) is 9.08. The van der Waals surface area contributed by atoms with Gasteiger partial charge in [0.2, 0.25) is 0 Å². The molecular formula is C21H25N3OS. The first-order chi connectivity index (χ1) is 12.6. The molecule has 1 saturated heterocycles. The Labute approximate surface area is 160 Å². The number of para-hydroxylation sites is 1. The van der Waals surface area contributed by atoms with Crippen LogP contribution in [-0.2, 0) is 6.42 Å². The monoisotopic (exact) mass is 367 g/mol. The fourth-order valence-corrected chi connectivity index (χ4v) is 3.51. The average Bonchev–Trinajstić information content (AvgIpc) is 2.68. The van der Waals surface area contributed by atoms with E-state index in [0.29, 0.717) is 0 Å². The van der Waals surface area contributed by atoms with Gasteiger partial charge in [-0.3, -0.25) is 4.79 Å². The van der Waals surface area contributed by atoms with E-state index in [1.54, 1.807) is 6.92 Å². The van der Waals surface area contributed by atoms with Crippen molar-refractivity contribution >= 4 is 34.5 Å². The Balaban J connectivity index is 1.57. The number of piperazine rings is 1. The van der Waals surface area contributed by atoms with Crippen molar-refractivity contribution in [2.24, 2.45) is 0 Å². The molecule has 4 nitrogen and oxygen atoms in total. The number of Topliss-reactive ketones (excluding diaryl/α,β-unsaturated/α-hetero) is 1. The molecule has 1 aliphatic rings. The van der Waals surface area contributed by atoms with E-state index < -0.39 is 0 Å². The van der Waals surface area contributed by atoms with Crippen LogP contribution in [0.25, 0.3) is 0 Å². The number of carbonyl (C=O) groups excluding carboxylic acids is 1. The molecule has 1 fully saturated rings. The maximum atomic E-state index is 11.4. The smallest absolute Gasteiger partial charge is 0.173 e. The first-order valence-corrected chi connectivity index (χ1v) is 9.49. The zero-order chi connectivity index (χ0) is 18.5. The highest BCUT2D eigenvalue weighted by molar-refractivity contribution is 7.80. The van der Waals surface area contributed by atoms with E-state index in [0.717, 1.165) is 54.7 Å². The molecule has 1 aliphatic heterocycles. The highest BCUT2D eigenvalue weighted by Gasteiger charge is 2.19. The number of nitrogens with zero attached hydrogens (tertiary/aromatic N) is 2. The summed E-state index contributed by atoms with van der Waals surface area (Å²) >= 11 is 5.62. The molecule has 0 amide bonds. The summed E-state index contributed by atoms with van der Waals surface area (Å²) in [5, 5.41) is 4.20. The Hall–Kier alpha value is -2.40. The second-order valence-electron chi connectivity index (χ2n) is 6.52. The van der Waals surface area contributed by atoms with Gasteiger partial charge < -0.3 is 15.1 Å². The predicted octanol–water partition coefficient (Wildman–Crippen LogP) is 3.97. The summed E-state index contributed by atoms with van der Waals surface area (Å²) in [6, 6.07) is 16.2. The van der Waals surface area contributed by atoms with E-state index in [2.05, 4.69) is 40.2 Å². The lowest BCUT2D eigenvalue weighted by atomic mass is 10.1. The third-order valence-electron chi connectivity index (χ3n) is 4.85. The van der Waals surface area contributed by atoms with Crippen molar-refractivity contribution in [2.45, 2.75) is 20.3 Å². The third kappa shape index (κ3) is 4.22. The summed E-state index contributed by atoms with van der Waals surface area (Å²) in [6.45, 7) is 7.34. The molecule has 0 aliphatic carbocycles. The molecular weight excluding hydrogens is 342 g/mol.